The molecule has 0 aliphatic heterocycles. The second-order valence-electron chi connectivity index (χ2n) is 5.14. The molecule has 0 saturated carbocycles. The molecular weight excluding hydrogens is 328 g/mol. The topological polar surface area (TPSA) is 67.4 Å². The van der Waals surface area contributed by atoms with E-state index >= 15 is 0 Å². The predicted octanol–water partition coefficient (Wildman–Crippen LogP) is 3.36. The highest BCUT2D eigenvalue weighted by molar-refractivity contribution is 6.31. The van der Waals surface area contributed by atoms with Crippen molar-refractivity contribution < 1.29 is 14.3 Å². The van der Waals surface area contributed by atoms with Gasteiger partial charge in [0, 0.05) is 42.1 Å². The van der Waals surface area contributed by atoms with Crippen molar-refractivity contribution in [2.24, 2.45) is 0 Å². The summed E-state index contributed by atoms with van der Waals surface area (Å²) in [5.41, 5.74) is 1.59. The lowest BCUT2D eigenvalue weighted by Gasteiger charge is -2.07. The molecule has 0 bridgehead atoms. The first-order valence-electron chi connectivity index (χ1n) is 7.54. The SMILES string of the molecule is COCCCNC(=O)c1ccc(C(=O)Nc2cccc(Cl)c2)cc1. The number of carbonyl (C=O) groups is 2. The average Bonchev–Trinajstić information content (AvgIpc) is 2.58. The molecule has 0 fully saturated rings. The summed E-state index contributed by atoms with van der Waals surface area (Å²) in [4.78, 5) is 24.1. The third-order valence-electron chi connectivity index (χ3n) is 3.30. The highest BCUT2D eigenvalue weighted by Gasteiger charge is 2.09. The molecule has 0 aromatic heterocycles. The number of hydrogen-bond acceptors (Lipinski definition) is 3. The van der Waals surface area contributed by atoms with Gasteiger partial charge in [-0.3, -0.25) is 9.59 Å². The van der Waals surface area contributed by atoms with Gasteiger partial charge in [0.1, 0.15) is 0 Å². The first kappa shape index (κ1) is 18.0. The fourth-order valence-corrected chi connectivity index (χ4v) is 2.25. The Labute approximate surface area is 146 Å². The molecule has 0 aliphatic rings. The van der Waals surface area contributed by atoms with Crippen LogP contribution in [0, 0.1) is 0 Å². The Balaban J connectivity index is 1.93. The van der Waals surface area contributed by atoms with Crippen LogP contribution < -0.4 is 10.6 Å². The Morgan fingerprint density at radius 3 is 2.33 bits per heavy atom. The van der Waals surface area contributed by atoms with Gasteiger partial charge in [-0.2, -0.15) is 0 Å². The van der Waals surface area contributed by atoms with Crippen LogP contribution in [-0.2, 0) is 4.74 Å². The van der Waals surface area contributed by atoms with E-state index in [0.29, 0.717) is 35.0 Å². The van der Waals surface area contributed by atoms with Crippen molar-refractivity contribution in [3.8, 4) is 0 Å². The average molecular weight is 347 g/mol. The van der Waals surface area contributed by atoms with Crippen LogP contribution in [0.4, 0.5) is 5.69 Å². The minimum absolute atomic E-state index is 0.173. The molecule has 5 nitrogen and oxygen atoms in total. The van der Waals surface area contributed by atoms with Crippen LogP contribution in [0.3, 0.4) is 0 Å². The zero-order valence-electron chi connectivity index (χ0n) is 13.3. The molecule has 126 valence electrons. The number of carbonyl (C=O) groups excluding carboxylic acids is 2. The van der Waals surface area contributed by atoms with E-state index in [-0.39, 0.29) is 11.8 Å². The maximum Gasteiger partial charge on any atom is 0.255 e. The molecule has 0 spiro atoms. The monoisotopic (exact) mass is 346 g/mol. The van der Waals surface area contributed by atoms with Crippen LogP contribution in [-0.4, -0.2) is 32.1 Å². The Morgan fingerprint density at radius 1 is 1.04 bits per heavy atom. The van der Waals surface area contributed by atoms with Crippen molar-refractivity contribution in [1.82, 2.24) is 5.32 Å². The summed E-state index contributed by atoms with van der Waals surface area (Å²) in [6.07, 6.45) is 0.752. The molecule has 0 heterocycles. The number of benzene rings is 2. The van der Waals surface area contributed by atoms with E-state index in [4.69, 9.17) is 16.3 Å². The van der Waals surface area contributed by atoms with Crippen LogP contribution in [0.25, 0.3) is 0 Å². The summed E-state index contributed by atoms with van der Waals surface area (Å²) in [6.45, 7) is 1.15. The molecule has 2 N–H and O–H groups in total. The molecule has 24 heavy (non-hydrogen) atoms. The molecule has 0 radical (unpaired) electrons. The smallest absolute Gasteiger partial charge is 0.255 e. The Kier molecular flexibility index (Phi) is 6.78. The second kappa shape index (κ2) is 9.05. The third kappa shape index (κ3) is 5.37. The van der Waals surface area contributed by atoms with Crippen molar-refractivity contribution >= 4 is 29.1 Å². The zero-order chi connectivity index (χ0) is 17.4. The minimum Gasteiger partial charge on any atom is -0.385 e. The van der Waals surface area contributed by atoms with Crippen LogP contribution in [0.1, 0.15) is 27.1 Å². The Hall–Kier alpha value is -2.37. The van der Waals surface area contributed by atoms with E-state index in [1.54, 1.807) is 55.6 Å². The predicted molar refractivity (Wildman–Crippen MR) is 94.7 cm³/mol. The Bertz CT molecular complexity index is 702. The van der Waals surface area contributed by atoms with E-state index in [2.05, 4.69) is 10.6 Å². The number of ether oxygens (including phenoxy) is 1. The van der Waals surface area contributed by atoms with Gasteiger partial charge in [0.2, 0.25) is 0 Å². The fourth-order valence-electron chi connectivity index (χ4n) is 2.06. The van der Waals surface area contributed by atoms with Crippen molar-refractivity contribution in [1.29, 1.82) is 0 Å². The van der Waals surface area contributed by atoms with Crippen molar-refractivity contribution in [3.63, 3.8) is 0 Å². The van der Waals surface area contributed by atoms with Gasteiger partial charge >= 0.3 is 0 Å². The number of rotatable bonds is 7. The van der Waals surface area contributed by atoms with Gasteiger partial charge in [-0.1, -0.05) is 17.7 Å². The largest absolute Gasteiger partial charge is 0.385 e. The molecule has 2 rings (SSSR count). The molecular formula is C18H19ClN2O3. The summed E-state index contributed by atoms with van der Waals surface area (Å²) < 4.78 is 4.92. The maximum absolute atomic E-state index is 12.2. The molecule has 0 unspecified atom stereocenters. The molecule has 2 amide bonds. The lowest BCUT2D eigenvalue weighted by atomic mass is 10.1. The number of halogens is 1. The lowest BCUT2D eigenvalue weighted by molar-refractivity contribution is 0.0947. The maximum atomic E-state index is 12.2. The molecule has 6 heteroatoms. The van der Waals surface area contributed by atoms with Gasteiger partial charge in [0.15, 0.2) is 0 Å². The van der Waals surface area contributed by atoms with Gasteiger partial charge in [-0.15, -0.1) is 0 Å². The summed E-state index contributed by atoms with van der Waals surface area (Å²) in [6, 6.07) is 13.4. The summed E-state index contributed by atoms with van der Waals surface area (Å²) in [5, 5.41) is 6.10. The van der Waals surface area contributed by atoms with Crippen LogP contribution in [0.15, 0.2) is 48.5 Å². The highest BCUT2D eigenvalue weighted by atomic mass is 35.5. The van der Waals surface area contributed by atoms with Gasteiger partial charge in [0.25, 0.3) is 11.8 Å². The molecule has 0 aliphatic carbocycles. The standard InChI is InChI=1S/C18H19ClN2O3/c1-24-11-3-10-20-17(22)13-6-8-14(9-7-13)18(23)21-16-5-2-4-15(19)12-16/h2,4-9,12H,3,10-11H2,1H3,(H,20,22)(H,21,23). The molecule has 2 aromatic rings. The van der Waals surface area contributed by atoms with E-state index in [1.807, 2.05) is 0 Å². The van der Waals surface area contributed by atoms with E-state index < -0.39 is 0 Å². The molecule has 2 aromatic carbocycles. The first-order valence-corrected chi connectivity index (χ1v) is 7.92. The van der Waals surface area contributed by atoms with Gasteiger partial charge < -0.3 is 15.4 Å². The van der Waals surface area contributed by atoms with E-state index in [1.165, 1.54) is 0 Å². The number of hydrogen-bond donors (Lipinski definition) is 2. The number of anilines is 1. The van der Waals surface area contributed by atoms with Crippen molar-refractivity contribution in [2.75, 3.05) is 25.6 Å². The van der Waals surface area contributed by atoms with Gasteiger partial charge in [0.05, 0.1) is 0 Å². The van der Waals surface area contributed by atoms with Crippen LogP contribution in [0.2, 0.25) is 5.02 Å². The van der Waals surface area contributed by atoms with Crippen LogP contribution >= 0.6 is 11.6 Å². The number of nitrogens with one attached hydrogen (secondary N) is 2. The van der Waals surface area contributed by atoms with E-state index in [0.717, 1.165) is 6.42 Å². The van der Waals surface area contributed by atoms with Crippen molar-refractivity contribution in [2.45, 2.75) is 6.42 Å². The quantitative estimate of drug-likeness (QED) is 0.755. The van der Waals surface area contributed by atoms with Gasteiger partial charge in [-0.05, 0) is 48.9 Å². The zero-order valence-corrected chi connectivity index (χ0v) is 14.1. The first-order chi connectivity index (χ1) is 11.6. The normalized spacial score (nSPS) is 10.2. The second-order valence-corrected chi connectivity index (χ2v) is 5.58. The molecule has 0 saturated heterocycles. The lowest BCUT2D eigenvalue weighted by Crippen LogP contribution is -2.25. The number of methoxy groups -OCH3 is 1. The summed E-state index contributed by atoms with van der Waals surface area (Å²) in [5.74, 6) is -0.433. The molecule has 0 atom stereocenters. The Morgan fingerprint density at radius 2 is 1.71 bits per heavy atom. The van der Waals surface area contributed by atoms with Gasteiger partial charge in [-0.25, -0.2) is 0 Å². The third-order valence-corrected chi connectivity index (χ3v) is 3.54. The van der Waals surface area contributed by atoms with E-state index in [9.17, 15) is 9.59 Å². The fraction of sp³-hybridized carbons (Fsp3) is 0.222. The highest BCUT2D eigenvalue weighted by Crippen LogP contribution is 2.16. The minimum atomic E-state index is -0.260. The van der Waals surface area contributed by atoms with Crippen LogP contribution in [0.5, 0.6) is 0 Å². The summed E-state index contributed by atoms with van der Waals surface area (Å²) in [7, 11) is 1.62. The number of amides is 2. The summed E-state index contributed by atoms with van der Waals surface area (Å²) >= 11 is 5.89. The van der Waals surface area contributed by atoms with Crippen molar-refractivity contribution in [3.05, 3.63) is 64.7 Å².